The number of nitrogens with two attached hydrogens (primary N) is 1. The van der Waals surface area contributed by atoms with Gasteiger partial charge >= 0.3 is 0 Å². The van der Waals surface area contributed by atoms with E-state index >= 15 is 0 Å². The molecule has 1 heterocycles. The fourth-order valence-electron chi connectivity index (χ4n) is 2.76. The minimum atomic E-state index is -0.191. The highest BCUT2D eigenvalue weighted by Gasteiger charge is 2.29. The van der Waals surface area contributed by atoms with Crippen LogP contribution < -0.4 is 11.1 Å². The topological polar surface area (TPSA) is 61.6 Å². The Labute approximate surface area is 131 Å². The van der Waals surface area contributed by atoms with Gasteiger partial charge in [0.15, 0.2) is 0 Å². The molecule has 2 rings (SSSR count). The number of benzene rings is 1. The molecule has 1 saturated heterocycles. The van der Waals surface area contributed by atoms with Crippen LogP contribution in [0.3, 0.4) is 0 Å². The van der Waals surface area contributed by atoms with Crippen LogP contribution in [0.1, 0.15) is 13.8 Å². The number of rotatable bonds is 3. The van der Waals surface area contributed by atoms with Gasteiger partial charge in [-0.25, -0.2) is 0 Å². The average molecular weight is 311 g/mol. The number of halogens is 1. The van der Waals surface area contributed by atoms with Crippen molar-refractivity contribution in [2.75, 3.05) is 37.7 Å². The Hall–Kier alpha value is -1.30. The van der Waals surface area contributed by atoms with Crippen molar-refractivity contribution in [2.24, 2.45) is 0 Å². The molecule has 5 nitrogen and oxygen atoms in total. The summed E-state index contributed by atoms with van der Waals surface area (Å²) < 4.78 is 0. The van der Waals surface area contributed by atoms with Crippen molar-refractivity contribution in [1.29, 1.82) is 0 Å². The van der Waals surface area contributed by atoms with Crippen molar-refractivity contribution in [3.05, 3.63) is 23.2 Å². The number of carbonyl (C=O) groups excluding carboxylic acids is 1. The molecular weight excluding hydrogens is 288 g/mol. The Morgan fingerprint density at radius 1 is 1.48 bits per heavy atom. The molecule has 3 N–H and O–H groups in total. The highest BCUT2D eigenvalue weighted by atomic mass is 35.5. The third-order valence-corrected chi connectivity index (χ3v) is 4.27. The van der Waals surface area contributed by atoms with Crippen LogP contribution in [0.5, 0.6) is 0 Å². The molecule has 0 saturated carbocycles. The first-order chi connectivity index (χ1) is 9.88. The molecular formula is C15H23ClN4O. The minimum Gasteiger partial charge on any atom is -0.397 e. The average Bonchev–Trinajstić information content (AvgIpc) is 2.41. The van der Waals surface area contributed by atoms with Crippen LogP contribution in [0.15, 0.2) is 18.2 Å². The molecule has 1 aliphatic rings. The summed E-state index contributed by atoms with van der Waals surface area (Å²) in [6, 6.07) is 5.25. The lowest BCUT2D eigenvalue weighted by molar-refractivity contribution is -0.122. The van der Waals surface area contributed by atoms with E-state index < -0.39 is 0 Å². The van der Waals surface area contributed by atoms with Gasteiger partial charge in [-0.15, -0.1) is 0 Å². The monoisotopic (exact) mass is 310 g/mol. The molecule has 0 spiro atoms. The van der Waals surface area contributed by atoms with Crippen LogP contribution in [0, 0.1) is 0 Å². The summed E-state index contributed by atoms with van der Waals surface area (Å²) in [6.45, 7) is 6.92. The predicted octanol–water partition coefficient (Wildman–Crippen LogP) is 1.89. The molecule has 1 aromatic carbocycles. The summed E-state index contributed by atoms with van der Waals surface area (Å²) in [5.41, 5.74) is 6.96. The normalized spacial score (nSPS) is 22.0. The second-order valence-corrected chi connectivity index (χ2v) is 6.18. The number of hydrogen-bond acceptors (Lipinski definition) is 4. The standard InChI is InChI=1S/C15H23ClN4O/c1-10-9-19(3)6-7-20(10)11(2)15(21)18-14-5-4-12(16)8-13(14)17/h4-5,8,10-11H,6-7,9,17H2,1-3H3,(H,18,21). The maximum atomic E-state index is 12.4. The molecule has 2 unspecified atom stereocenters. The first-order valence-electron chi connectivity index (χ1n) is 7.18. The number of piperazine rings is 1. The first kappa shape index (κ1) is 16.1. The van der Waals surface area contributed by atoms with E-state index in [0.717, 1.165) is 19.6 Å². The lowest BCUT2D eigenvalue weighted by Gasteiger charge is -2.41. The van der Waals surface area contributed by atoms with Gasteiger partial charge in [-0.05, 0) is 39.1 Å². The fraction of sp³-hybridized carbons (Fsp3) is 0.533. The zero-order chi connectivity index (χ0) is 15.6. The van der Waals surface area contributed by atoms with E-state index in [1.165, 1.54) is 0 Å². The summed E-state index contributed by atoms with van der Waals surface area (Å²) in [5.74, 6) is -0.0413. The number of anilines is 2. The largest absolute Gasteiger partial charge is 0.397 e. The lowest BCUT2D eigenvalue weighted by atomic mass is 10.1. The quantitative estimate of drug-likeness (QED) is 0.837. The summed E-state index contributed by atoms with van der Waals surface area (Å²) in [6.07, 6.45) is 0. The van der Waals surface area contributed by atoms with Crippen molar-refractivity contribution in [1.82, 2.24) is 9.80 Å². The zero-order valence-corrected chi connectivity index (χ0v) is 13.5. The van der Waals surface area contributed by atoms with Crippen LogP contribution in [0.4, 0.5) is 11.4 Å². The van der Waals surface area contributed by atoms with E-state index in [1.807, 2.05) is 6.92 Å². The molecule has 0 bridgehead atoms. The Bertz CT molecular complexity index is 522. The highest BCUT2D eigenvalue weighted by Crippen LogP contribution is 2.23. The van der Waals surface area contributed by atoms with Gasteiger partial charge in [-0.2, -0.15) is 0 Å². The second kappa shape index (κ2) is 6.64. The van der Waals surface area contributed by atoms with Crippen molar-refractivity contribution in [3.8, 4) is 0 Å². The molecule has 6 heteroatoms. The molecule has 21 heavy (non-hydrogen) atoms. The van der Waals surface area contributed by atoms with Gasteiger partial charge in [0.05, 0.1) is 17.4 Å². The van der Waals surface area contributed by atoms with Crippen molar-refractivity contribution in [3.63, 3.8) is 0 Å². The van der Waals surface area contributed by atoms with Crippen molar-refractivity contribution >= 4 is 28.9 Å². The Morgan fingerprint density at radius 3 is 2.81 bits per heavy atom. The summed E-state index contributed by atoms with van der Waals surface area (Å²) in [4.78, 5) is 16.9. The number of nitrogen functional groups attached to an aromatic ring is 1. The Morgan fingerprint density at radius 2 is 2.19 bits per heavy atom. The predicted molar refractivity (Wildman–Crippen MR) is 87.6 cm³/mol. The number of hydrogen-bond donors (Lipinski definition) is 2. The van der Waals surface area contributed by atoms with Crippen LogP contribution in [-0.2, 0) is 4.79 Å². The summed E-state index contributed by atoms with van der Waals surface area (Å²) in [5, 5.41) is 3.45. The van der Waals surface area contributed by atoms with E-state index in [-0.39, 0.29) is 11.9 Å². The van der Waals surface area contributed by atoms with E-state index in [9.17, 15) is 4.79 Å². The summed E-state index contributed by atoms with van der Waals surface area (Å²) >= 11 is 5.86. The van der Waals surface area contributed by atoms with Crippen LogP contribution in [0.25, 0.3) is 0 Å². The molecule has 116 valence electrons. The molecule has 0 aliphatic carbocycles. The number of nitrogens with one attached hydrogen (secondary N) is 1. The number of likely N-dealkylation sites (N-methyl/N-ethyl adjacent to an activating group) is 1. The molecule has 1 aliphatic heterocycles. The molecule has 0 radical (unpaired) electrons. The van der Waals surface area contributed by atoms with E-state index in [1.54, 1.807) is 18.2 Å². The second-order valence-electron chi connectivity index (χ2n) is 5.75. The number of nitrogens with zero attached hydrogens (tertiary/aromatic N) is 2. The minimum absolute atomic E-state index is 0.0413. The smallest absolute Gasteiger partial charge is 0.241 e. The molecule has 0 aromatic heterocycles. The number of amides is 1. The highest BCUT2D eigenvalue weighted by molar-refractivity contribution is 6.31. The van der Waals surface area contributed by atoms with Crippen molar-refractivity contribution in [2.45, 2.75) is 25.9 Å². The Kier molecular flexibility index (Phi) is 5.08. The molecule has 2 atom stereocenters. The number of carbonyl (C=O) groups is 1. The maximum absolute atomic E-state index is 12.4. The SMILES string of the molecule is CC1CN(C)CCN1C(C)C(=O)Nc1ccc(Cl)cc1N. The van der Waals surface area contributed by atoms with E-state index in [2.05, 4.69) is 29.1 Å². The fourth-order valence-corrected chi connectivity index (χ4v) is 2.94. The van der Waals surface area contributed by atoms with Gasteiger partial charge < -0.3 is 16.0 Å². The first-order valence-corrected chi connectivity index (χ1v) is 7.56. The van der Waals surface area contributed by atoms with E-state index in [4.69, 9.17) is 17.3 Å². The van der Waals surface area contributed by atoms with Crippen LogP contribution >= 0.6 is 11.6 Å². The van der Waals surface area contributed by atoms with E-state index in [0.29, 0.717) is 22.4 Å². The van der Waals surface area contributed by atoms with Gasteiger partial charge in [0.1, 0.15) is 0 Å². The molecule has 1 fully saturated rings. The third kappa shape index (κ3) is 3.87. The van der Waals surface area contributed by atoms with Crippen LogP contribution in [-0.4, -0.2) is 54.5 Å². The summed E-state index contributed by atoms with van der Waals surface area (Å²) in [7, 11) is 2.10. The van der Waals surface area contributed by atoms with Crippen molar-refractivity contribution < 1.29 is 4.79 Å². The van der Waals surface area contributed by atoms with Gasteiger partial charge in [0, 0.05) is 30.7 Å². The van der Waals surface area contributed by atoms with Gasteiger partial charge in [-0.3, -0.25) is 9.69 Å². The third-order valence-electron chi connectivity index (χ3n) is 4.03. The molecule has 1 amide bonds. The lowest BCUT2D eigenvalue weighted by Crippen LogP contribution is -2.56. The molecule has 1 aromatic rings. The van der Waals surface area contributed by atoms with Gasteiger partial charge in [0.2, 0.25) is 5.91 Å². The Balaban J connectivity index is 2.02. The van der Waals surface area contributed by atoms with Gasteiger partial charge in [0.25, 0.3) is 0 Å². The maximum Gasteiger partial charge on any atom is 0.241 e. The van der Waals surface area contributed by atoms with Crippen LogP contribution in [0.2, 0.25) is 5.02 Å². The van der Waals surface area contributed by atoms with Gasteiger partial charge in [-0.1, -0.05) is 11.6 Å². The zero-order valence-electron chi connectivity index (χ0n) is 12.8.